The number of hydrogen-bond acceptors (Lipinski definition) is 1. The van der Waals surface area contributed by atoms with Gasteiger partial charge in [-0.2, -0.15) is 0 Å². The molecule has 11 heavy (non-hydrogen) atoms. The summed E-state index contributed by atoms with van der Waals surface area (Å²) in [5.74, 6) is 0.928. The summed E-state index contributed by atoms with van der Waals surface area (Å²) in [4.78, 5) is 2.44. The molecule has 1 atom stereocenters. The zero-order chi connectivity index (χ0) is 8.69. The molecule has 1 aliphatic rings. The van der Waals surface area contributed by atoms with E-state index in [2.05, 4.69) is 18.9 Å². The predicted octanol–water partition coefficient (Wildman–Crippen LogP) is 2.76. The number of nitrogens with zero attached hydrogens (tertiary/aromatic N) is 1. The minimum atomic E-state index is 0.928. The smallest absolute Gasteiger partial charge is 0.000397 e. The van der Waals surface area contributed by atoms with Gasteiger partial charge in [0.2, 0.25) is 0 Å². The summed E-state index contributed by atoms with van der Waals surface area (Å²) in [6.07, 6.45) is 4.27. The summed E-state index contributed by atoms with van der Waals surface area (Å²) in [5.41, 5.74) is 0. The Bertz CT molecular complexity index is 70.9. The maximum atomic E-state index is 2.44. The molecule has 1 nitrogen and oxygen atoms in total. The summed E-state index contributed by atoms with van der Waals surface area (Å²) < 4.78 is 0. The second-order valence-corrected chi connectivity index (χ2v) is 3.36. The Morgan fingerprint density at radius 2 is 1.82 bits per heavy atom. The first-order valence-corrected chi connectivity index (χ1v) is 4.97. The lowest BCUT2D eigenvalue weighted by Crippen LogP contribution is -2.22. The third-order valence-corrected chi connectivity index (χ3v) is 2.11. The third kappa shape index (κ3) is 5.25. The Balaban J connectivity index is 0.000000461. The molecular formula is C10H23N. The highest BCUT2D eigenvalue weighted by Gasteiger charge is 2.09. The van der Waals surface area contributed by atoms with Crippen molar-refractivity contribution >= 4 is 0 Å². The van der Waals surface area contributed by atoms with E-state index in [0.717, 1.165) is 5.92 Å². The molecule has 0 spiro atoms. The van der Waals surface area contributed by atoms with Crippen molar-refractivity contribution in [3.05, 3.63) is 0 Å². The zero-order valence-corrected chi connectivity index (χ0v) is 8.56. The molecule has 0 aliphatic carbocycles. The second kappa shape index (κ2) is 6.66. The van der Waals surface area contributed by atoms with Crippen LogP contribution in [0.2, 0.25) is 0 Å². The van der Waals surface area contributed by atoms with Gasteiger partial charge in [-0.05, 0) is 32.4 Å². The van der Waals surface area contributed by atoms with E-state index in [4.69, 9.17) is 0 Å². The highest BCUT2D eigenvalue weighted by molar-refractivity contribution is 4.64. The fourth-order valence-corrected chi connectivity index (χ4v) is 1.59. The van der Waals surface area contributed by atoms with Crippen molar-refractivity contribution in [2.24, 2.45) is 5.92 Å². The van der Waals surface area contributed by atoms with Gasteiger partial charge in [-0.3, -0.25) is 0 Å². The molecule has 0 aromatic rings. The van der Waals surface area contributed by atoms with Crippen LogP contribution in [0.1, 0.15) is 40.0 Å². The van der Waals surface area contributed by atoms with Gasteiger partial charge in [-0.15, -0.1) is 0 Å². The van der Waals surface area contributed by atoms with Crippen LogP contribution >= 0.6 is 0 Å². The number of hydrogen-bond donors (Lipinski definition) is 0. The van der Waals surface area contributed by atoms with Crippen molar-refractivity contribution in [3.63, 3.8) is 0 Å². The van der Waals surface area contributed by atoms with E-state index in [1.807, 2.05) is 13.8 Å². The lowest BCUT2D eigenvalue weighted by molar-refractivity contribution is 0.310. The largest absolute Gasteiger partial charge is 0.306 e. The first-order valence-electron chi connectivity index (χ1n) is 4.97. The normalized spacial score (nSPS) is 26.7. The SMILES string of the molecule is CC.C[C@@H]1CCCCN(C)C1. The van der Waals surface area contributed by atoms with Gasteiger partial charge >= 0.3 is 0 Å². The first kappa shape index (κ1) is 11.0. The molecule has 1 rings (SSSR count). The molecular weight excluding hydrogens is 134 g/mol. The Morgan fingerprint density at radius 1 is 1.18 bits per heavy atom. The monoisotopic (exact) mass is 157 g/mol. The summed E-state index contributed by atoms with van der Waals surface area (Å²) in [6, 6.07) is 0. The zero-order valence-electron chi connectivity index (χ0n) is 8.56. The first-order chi connectivity index (χ1) is 5.29. The minimum absolute atomic E-state index is 0.928. The summed E-state index contributed by atoms with van der Waals surface area (Å²) in [5, 5.41) is 0. The van der Waals surface area contributed by atoms with E-state index >= 15 is 0 Å². The van der Waals surface area contributed by atoms with Crippen LogP contribution in [-0.2, 0) is 0 Å². The van der Waals surface area contributed by atoms with Crippen molar-refractivity contribution in [2.45, 2.75) is 40.0 Å². The topological polar surface area (TPSA) is 3.24 Å². The predicted molar refractivity (Wildman–Crippen MR) is 51.9 cm³/mol. The molecule has 1 saturated heterocycles. The molecule has 0 bridgehead atoms. The van der Waals surface area contributed by atoms with E-state index in [1.54, 1.807) is 0 Å². The Kier molecular flexibility index (Phi) is 6.63. The molecule has 0 radical (unpaired) electrons. The van der Waals surface area contributed by atoms with E-state index in [9.17, 15) is 0 Å². The van der Waals surface area contributed by atoms with Crippen molar-refractivity contribution < 1.29 is 0 Å². The highest BCUT2D eigenvalue weighted by Crippen LogP contribution is 2.13. The molecule has 0 unspecified atom stereocenters. The fourth-order valence-electron chi connectivity index (χ4n) is 1.59. The minimum Gasteiger partial charge on any atom is -0.306 e. The second-order valence-electron chi connectivity index (χ2n) is 3.36. The van der Waals surface area contributed by atoms with Crippen LogP contribution in [0.15, 0.2) is 0 Å². The van der Waals surface area contributed by atoms with E-state index < -0.39 is 0 Å². The van der Waals surface area contributed by atoms with Crippen LogP contribution in [0.3, 0.4) is 0 Å². The summed E-state index contributed by atoms with van der Waals surface area (Å²) in [6.45, 7) is 8.96. The Morgan fingerprint density at radius 3 is 2.45 bits per heavy atom. The third-order valence-electron chi connectivity index (χ3n) is 2.11. The van der Waals surface area contributed by atoms with Gasteiger partial charge in [-0.1, -0.05) is 27.2 Å². The average Bonchev–Trinajstić information content (AvgIpc) is 2.18. The highest BCUT2D eigenvalue weighted by atomic mass is 15.1. The molecule has 0 aromatic heterocycles. The van der Waals surface area contributed by atoms with Crippen LogP contribution in [0.4, 0.5) is 0 Å². The summed E-state index contributed by atoms with van der Waals surface area (Å²) in [7, 11) is 2.22. The maximum absolute atomic E-state index is 2.44. The Hall–Kier alpha value is -0.0400. The van der Waals surface area contributed by atoms with E-state index in [1.165, 1.54) is 32.4 Å². The standard InChI is InChI=1S/C8H17N.C2H6/c1-8-5-3-4-6-9(2)7-8;1-2/h8H,3-7H2,1-2H3;1-2H3/t8-;/m1./s1. The van der Waals surface area contributed by atoms with Gasteiger partial charge in [0, 0.05) is 6.54 Å². The maximum Gasteiger partial charge on any atom is 0.000397 e. The van der Waals surface area contributed by atoms with Crippen molar-refractivity contribution in [1.29, 1.82) is 0 Å². The van der Waals surface area contributed by atoms with Crippen molar-refractivity contribution in [3.8, 4) is 0 Å². The van der Waals surface area contributed by atoms with Gasteiger partial charge in [0.1, 0.15) is 0 Å². The lowest BCUT2D eigenvalue weighted by atomic mass is 10.1. The van der Waals surface area contributed by atoms with Crippen LogP contribution in [0.5, 0.6) is 0 Å². The molecule has 1 heteroatoms. The van der Waals surface area contributed by atoms with Crippen molar-refractivity contribution in [1.82, 2.24) is 4.90 Å². The van der Waals surface area contributed by atoms with Gasteiger partial charge in [0.05, 0.1) is 0 Å². The molecule has 68 valence electrons. The molecule has 0 saturated carbocycles. The van der Waals surface area contributed by atoms with Crippen LogP contribution in [0.25, 0.3) is 0 Å². The molecule has 1 aliphatic heterocycles. The van der Waals surface area contributed by atoms with E-state index in [-0.39, 0.29) is 0 Å². The fraction of sp³-hybridized carbons (Fsp3) is 1.00. The molecule has 1 heterocycles. The molecule has 0 aromatic carbocycles. The molecule has 0 N–H and O–H groups in total. The van der Waals surface area contributed by atoms with Gasteiger partial charge in [0.15, 0.2) is 0 Å². The van der Waals surface area contributed by atoms with Crippen LogP contribution in [0, 0.1) is 5.92 Å². The quantitative estimate of drug-likeness (QED) is 0.522. The molecule has 0 amide bonds. The van der Waals surface area contributed by atoms with Gasteiger partial charge < -0.3 is 4.90 Å². The summed E-state index contributed by atoms with van der Waals surface area (Å²) >= 11 is 0. The number of rotatable bonds is 0. The van der Waals surface area contributed by atoms with Crippen LogP contribution < -0.4 is 0 Å². The lowest BCUT2D eigenvalue weighted by Gasteiger charge is -2.15. The van der Waals surface area contributed by atoms with Gasteiger partial charge in [-0.25, -0.2) is 0 Å². The average molecular weight is 157 g/mol. The van der Waals surface area contributed by atoms with Crippen LogP contribution in [-0.4, -0.2) is 25.0 Å². The molecule has 1 fully saturated rings. The van der Waals surface area contributed by atoms with Crippen molar-refractivity contribution in [2.75, 3.05) is 20.1 Å². The van der Waals surface area contributed by atoms with E-state index in [0.29, 0.717) is 0 Å². The Labute approximate surface area is 71.8 Å². The van der Waals surface area contributed by atoms with Gasteiger partial charge in [0.25, 0.3) is 0 Å². The number of likely N-dealkylation sites (tertiary alicyclic amines) is 1.